The van der Waals surface area contributed by atoms with Crippen LogP contribution in [0, 0.1) is 0 Å². The number of nitrogens with two attached hydrogens (primary N) is 1. The summed E-state index contributed by atoms with van der Waals surface area (Å²) in [5, 5.41) is 14.4. The van der Waals surface area contributed by atoms with Crippen molar-refractivity contribution in [1.82, 2.24) is 4.90 Å². The third kappa shape index (κ3) is 4.13. The van der Waals surface area contributed by atoms with E-state index >= 15 is 0 Å². The van der Waals surface area contributed by atoms with Crippen LogP contribution in [0.1, 0.15) is 50.5 Å². The summed E-state index contributed by atoms with van der Waals surface area (Å²) in [6.07, 6.45) is 5.34. The number of nitrogens with zero attached hydrogens (tertiary/aromatic N) is 1. The maximum Gasteiger partial charge on any atom is 0.0867 e. The van der Waals surface area contributed by atoms with Crippen LogP contribution in [0.3, 0.4) is 0 Å². The smallest absolute Gasteiger partial charge is 0.0867 e. The van der Waals surface area contributed by atoms with Gasteiger partial charge in [0, 0.05) is 31.1 Å². The molecule has 4 atom stereocenters. The molecule has 1 aliphatic heterocycles. The van der Waals surface area contributed by atoms with Gasteiger partial charge in [0.25, 0.3) is 0 Å². The lowest BCUT2D eigenvalue weighted by molar-refractivity contribution is -0.0835. The van der Waals surface area contributed by atoms with Crippen molar-refractivity contribution in [1.29, 1.82) is 0 Å². The second-order valence-corrected chi connectivity index (χ2v) is 8.09. The predicted octanol–water partition coefficient (Wildman–Crippen LogP) is 4.49. The van der Waals surface area contributed by atoms with Gasteiger partial charge in [-0.05, 0) is 35.6 Å². The van der Waals surface area contributed by atoms with Crippen molar-refractivity contribution in [2.24, 2.45) is 5.73 Å². The second-order valence-electron chi connectivity index (χ2n) is 8.09. The first-order chi connectivity index (χ1) is 12.1. The van der Waals surface area contributed by atoms with E-state index in [1.807, 2.05) is 0 Å². The molecule has 0 aromatic heterocycles. The van der Waals surface area contributed by atoms with Crippen molar-refractivity contribution >= 4 is 35.6 Å². The fourth-order valence-electron chi connectivity index (χ4n) is 5.16. The van der Waals surface area contributed by atoms with Gasteiger partial charge in [-0.1, -0.05) is 62.2 Å². The van der Waals surface area contributed by atoms with E-state index in [9.17, 15) is 5.11 Å². The number of benzene rings is 2. The molecule has 1 saturated heterocycles. The number of likely N-dealkylation sites (tertiary alicyclic amines) is 1. The first kappa shape index (κ1) is 22.4. The summed E-state index contributed by atoms with van der Waals surface area (Å²) in [6, 6.07) is 15.5. The van der Waals surface area contributed by atoms with E-state index in [4.69, 9.17) is 5.73 Å². The average Bonchev–Trinajstić information content (AvgIpc) is 3.07. The van der Waals surface area contributed by atoms with Crippen LogP contribution < -0.4 is 5.73 Å². The molecule has 1 saturated carbocycles. The summed E-state index contributed by atoms with van der Waals surface area (Å²) in [5.74, 6) is 0.112. The maximum absolute atomic E-state index is 11.9. The van der Waals surface area contributed by atoms with E-state index in [0.717, 1.165) is 38.8 Å². The van der Waals surface area contributed by atoms with Crippen LogP contribution in [-0.2, 0) is 0 Å². The lowest BCUT2D eigenvalue weighted by atomic mass is 9.69. The summed E-state index contributed by atoms with van der Waals surface area (Å²) >= 11 is 0. The lowest BCUT2D eigenvalue weighted by Crippen LogP contribution is -2.57. The van der Waals surface area contributed by atoms with Gasteiger partial charge in [-0.2, -0.15) is 0 Å². The number of hydrogen-bond acceptors (Lipinski definition) is 3. The Bertz CT molecular complexity index is 751. The Morgan fingerprint density at radius 3 is 2.56 bits per heavy atom. The summed E-state index contributed by atoms with van der Waals surface area (Å²) in [7, 11) is 0. The van der Waals surface area contributed by atoms with Crippen LogP contribution in [0.4, 0.5) is 0 Å². The van der Waals surface area contributed by atoms with Crippen LogP contribution in [0.25, 0.3) is 10.8 Å². The molecule has 3 unspecified atom stereocenters. The molecule has 1 heterocycles. The molecule has 2 fully saturated rings. The number of hydrogen-bond donors (Lipinski definition) is 2. The third-order valence-electron chi connectivity index (χ3n) is 6.62. The standard InChI is InChI=1S/C22H30N2O.2ClH/c1-16(19-10-6-8-17-7-2-3-9-20(17)19)22(25)13-5-4-11-21(22)24-14-12-18(23)15-24;;/h2-3,6-10,16,18,21,25H,4-5,11-15,23H2,1H3;2*1H/t16?,18-,21?,22?;;/m0../s1. The summed E-state index contributed by atoms with van der Waals surface area (Å²) < 4.78 is 0. The molecular formula is C22H32Cl2N2O. The maximum atomic E-state index is 11.9. The molecule has 5 heteroatoms. The van der Waals surface area contributed by atoms with Crippen molar-refractivity contribution in [3.05, 3.63) is 48.0 Å². The topological polar surface area (TPSA) is 49.5 Å². The lowest BCUT2D eigenvalue weighted by Gasteiger charge is -2.48. The quantitative estimate of drug-likeness (QED) is 0.782. The minimum atomic E-state index is -0.674. The average molecular weight is 411 g/mol. The van der Waals surface area contributed by atoms with Crippen LogP contribution in [-0.4, -0.2) is 40.8 Å². The van der Waals surface area contributed by atoms with E-state index in [0.29, 0.717) is 0 Å². The molecule has 3 nitrogen and oxygen atoms in total. The Morgan fingerprint density at radius 2 is 1.81 bits per heavy atom. The van der Waals surface area contributed by atoms with Crippen LogP contribution in [0.5, 0.6) is 0 Å². The van der Waals surface area contributed by atoms with Gasteiger partial charge in [0.05, 0.1) is 5.60 Å². The zero-order chi connectivity index (χ0) is 17.4. The Balaban J connectivity index is 0.00000131. The van der Waals surface area contributed by atoms with Gasteiger partial charge in [-0.25, -0.2) is 0 Å². The van der Waals surface area contributed by atoms with Gasteiger partial charge in [0.1, 0.15) is 0 Å². The molecule has 3 N–H and O–H groups in total. The minimum Gasteiger partial charge on any atom is -0.388 e. The molecule has 1 aliphatic carbocycles. The first-order valence-electron chi connectivity index (χ1n) is 9.79. The summed E-state index contributed by atoms with van der Waals surface area (Å²) in [5.41, 5.74) is 6.76. The molecule has 0 radical (unpaired) electrons. The summed E-state index contributed by atoms with van der Waals surface area (Å²) in [4.78, 5) is 2.46. The second kappa shape index (κ2) is 9.11. The van der Waals surface area contributed by atoms with Crippen LogP contribution in [0.2, 0.25) is 0 Å². The molecule has 150 valence electrons. The Morgan fingerprint density at radius 1 is 1.07 bits per heavy atom. The van der Waals surface area contributed by atoms with Gasteiger partial charge < -0.3 is 10.8 Å². The van der Waals surface area contributed by atoms with Crippen molar-refractivity contribution in [2.45, 2.75) is 62.6 Å². The minimum absolute atomic E-state index is 0. The zero-order valence-electron chi connectivity index (χ0n) is 16.0. The van der Waals surface area contributed by atoms with Crippen LogP contribution >= 0.6 is 24.8 Å². The normalized spacial score (nSPS) is 29.7. The molecule has 27 heavy (non-hydrogen) atoms. The van der Waals surface area contributed by atoms with E-state index in [1.165, 1.54) is 22.8 Å². The van der Waals surface area contributed by atoms with Crippen molar-refractivity contribution < 1.29 is 5.11 Å². The Hall–Kier alpha value is -0.840. The largest absolute Gasteiger partial charge is 0.388 e. The van der Waals surface area contributed by atoms with Crippen molar-refractivity contribution in [3.8, 4) is 0 Å². The molecule has 2 aromatic carbocycles. The highest BCUT2D eigenvalue weighted by Gasteiger charge is 2.47. The first-order valence-corrected chi connectivity index (χ1v) is 9.79. The zero-order valence-corrected chi connectivity index (χ0v) is 17.6. The third-order valence-corrected chi connectivity index (χ3v) is 6.62. The van der Waals surface area contributed by atoms with Crippen LogP contribution in [0.15, 0.2) is 42.5 Å². The molecule has 4 rings (SSSR count). The monoisotopic (exact) mass is 410 g/mol. The number of rotatable bonds is 3. The molecule has 0 bridgehead atoms. The Kier molecular flexibility index (Phi) is 7.57. The van der Waals surface area contributed by atoms with Crippen molar-refractivity contribution in [3.63, 3.8) is 0 Å². The Labute approximate surface area is 175 Å². The van der Waals surface area contributed by atoms with Crippen molar-refractivity contribution in [2.75, 3.05) is 13.1 Å². The highest BCUT2D eigenvalue weighted by molar-refractivity contribution is 5.86. The number of fused-ring (bicyclic) bond motifs is 1. The van der Waals surface area contributed by atoms with Gasteiger partial charge >= 0.3 is 0 Å². The molecule has 0 spiro atoms. The number of halogens is 2. The molecular weight excluding hydrogens is 379 g/mol. The number of aliphatic hydroxyl groups is 1. The fraction of sp³-hybridized carbons (Fsp3) is 0.545. The van der Waals surface area contributed by atoms with Gasteiger partial charge in [0.15, 0.2) is 0 Å². The molecule has 2 aliphatic rings. The van der Waals surface area contributed by atoms with E-state index in [1.54, 1.807) is 0 Å². The summed E-state index contributed by atoms with van der Waals surface area (Å²) in [6.45, 7) is 4.17. The molecule has 0 amide bonds. The highest BCUT2D eigenvalue weighted by Crippen LogP contribution is 2.44. The van der Waals surface area contributed by atoms with Gasteiger partial charge in [-0.3, -0.25) is 4.90 Å². The predicted molar refractivity (Wildman–Crippen MR) is 118 cm³/mol. The molecule has 2 aromatic rings. The van der Waals surface area contributed by atoms with Gasteiger partial charge in [-0.15, -0.1) is 24.8 Å². The van der Waals surface area contributed by atoms with E-state index < -0.39 is 5.60 Å². The SMILES string of the molecule is CC(c1cccc2ccccc12)C1(O)CCCCC1N1CC[C@H](N)C1.Cl.Cl. The van der Waals surface area contributed by atoms with Gasteiger partial charge in [0.2, 0.25) is 0 Å². The van der Waals surface area contributed by atoms with E-state index in [2.05, 4.69) is 54.3 Å². The highest BCUT2D eigenvalue weighted by atomic mass is 35.5. The van der Waals surface area contributed by atoms with E-state index in [-0.39, 0.29) is 42.8 Å². The fourth-order valence-corrected chi connectivity index (χ4v) is 5.16.